The molecule has 0 radical (unpaired) electrons. The summed E-state index contributed by atoms with van der Waals surface area (Å²) in [6, 6.07) is 12.5. The van der Waals surface area contributed by atoms with Gasteiger partial charge in [-0.15, -0.1) is 0 Å². The SMILES string of the molecule is N#Cc1cncc2c1ccn2Cc1cc(Cl)ccc1OCc1ccc(F)cc1F. The molecular formula is C22H14ClF2N3O. The van der Waals surface area contributed by atoms with Crippen LogP contribution >= 0.6 is 11.6 Å². The van der Waals surface area contributed by atoms with Gasteiger partial charge in [0.05, 0.1) is 23.8 Å². The average Bonchev–Trinajstić information content (AvgIpc) is 3.11. The molecule has 144 valence electrons. The zero-order valence-corrected chi connectivity index (χ0v) is 15.8. The normalized spacial score (nSPS) is 10.8. The van der Waals surface area contributed by atoms with E-state index in [4.69, 9.17) is 16.3 Å². The van der Waals surface area contributed by atoms with Gasteiger partial charge in [0.15, 0.2) is 0 Å². The predicted molar refractivity (Wildman–Crippen MR) is 106 cm³/mol. The highest BCUT2D eigenvalue weighted by Crippen LogP contribution is 2.27. The molecule has 0 atom stereocenters. The number of fused-ring (bicyclic) bond motifs is 1. The van der Waals surface area contributed by atoms with E-state index in [2.05, 4.69) is 11.1 Å². The van der Waals surface area contributed by atoms with Crippen molar-refractivity contribution in [3.8, 4) is 11.8 Å². The van der Waals surface area contributed by atoms with E-state index >= 15 is 0 Å². The quantitative estimate of drug-likeness (QED) is 0.439. The van der Waals surface area contributed by atoms with Crippen LogP contribution in [-0.4, -0.2) is 9.55 Å². The maximum Gasteiger partial charge on any atom is 0.132 e. The van der Waals surface area contributed by atoms with E-state index < -0.39 is 11.6 Å². The minimum Gasteiger partial charge on any atom is -0.488 e. The summed E-state index contributed by atoms with van der Waals surface area (Å²) in [7, 11) is 0. The molecule has 4 aromatic rings. The van der Waals surface area contributed by atoms with E-state index in [-0.39, 0.29) is 12.2 Å². The third-order valence-electron chi connectivity index (χ3n) is 4.58. The van der Waals surface area contributed by atoms with Crippen LogP contribution in [0.15, 0.2) is 61.1 Å². The third-order valence-corrected chi connectivity index (χ3v) is 4.81. The lowest BCUT2D eigenvalue weighted by Gasteiger charge is -2.14. The maximum absolute atomic E-state index is 13.9. The van der Waals surface area contributed by atoms with E-state index in [1.54, 1.807) is 24.4 Å². The molecule has 2 heterocycles. The highest BCUT2D eigenvalue weighted by molar-refractivity contribution is 6.30. The molecule has 0 saturated heterocycles. The number of nitrogens with zero attached hydrogens (tertiary/aromatic N) is 3. The first-order chi connectivity index (χ1) is 14.0. The van der Waals surface area contributed by atoms with Gasteiger partial charge in [-0.2, -0.15) is 5.26 Å². The number of nitriles is 1. The van der Waals surface area contributed by atoms with Gasteiger partial charge in [0.25, 0.3) is 0 Å². The molecule has 0 unspecified atom stereocenters. The number of rotatable bonds is 5. The average molecular weight is 410 g/mol. The highest BCUT2D eigenvalue weighted by Gasteiger charge is 2.12. The van der Waals surface area contributed by atoms with Crippen molar-refractivity contribution >= 4 is 22.5 Å². The Morgan fingerprint density at radius 3 is 2.72 bits per heavy atom. The number of hydrogen-bond acceptors (Lipinski definition) is 3. The van der Waals surface area contributed by atoms with Crippen LogP contribution in [0.4, 0.5) is 8.78 Å². The molecule has 29 heavy (non-hydrogen) atoms. The molecule has 2 aromatic carbocycles. The molecule has 0 fully saturated rings. The first-order valence-electron chi connectivity index (χ1n) is 8.73. The Morgan fingerprint density at radius 2 is 1.93 bits per heavy atom. The third kappa shape index (κ3) is 3.91. The Bertz CT molecular complexity index is 1250. The van der Waals surface area contributed by atoms with Crippen LogP contribution in [-0.2, 0) is 13.2 Å². The highest BCUT2D eigenvalue weighted by atomic mass is 35.5. The summed E-state index contributed by atoms with van der Waals surface area (Å²) in [4.78, 5) is 4.12. The molecule has 0 aliphatic heterocycles. The Balaban J connectivity index is 1.63. The van der Waals surface area contributed by atoms with E-state index in [0.717, 1.165) is 22.5 Å². The van der Waals surface area contributed by atoms with Gasteiger partial charge >= 0.3 is 0 Å². The van der Waals surface area contributed by atoms with Crippen molar-refractivity contribution in [2.75, 3.05) is 0 Å². The zero-order valence-electron chi connectivity index (χ0n) is 15.1. The Morgan fingerprint density at radius 1 is 1.07 bits per heavy atom. The molecule has 0 aliphatic carbocycles. The van der Waals surface area contributed by atoms with E-state index in [0.29, 0.717) is 22.9 Å². The van der Waals surface area contributed by atoms with Gasteiger partial charge in [-0.1, -0.05) is 11.6 Å². The van der Waals surface area contributed by atoms with Crippen molar-refractivity contribution in [3.05, 3.63) is 94.4 Å². The van der Waals surface area contributed by atoms with E-state index in [1.165, 1.54) is 18.3 Å². The van der Waals surface area contributed by atoms with Crippen molar-refractivity contribution in [1.29, 1.82) is 5.26 Å². The molecule has 2 aromatic heterocycles. The first kappa shape index (κ1) is 18.9. The Hall–Kier alpha value is -3.43. The smallest absolute Gasteiger partial charge is 0.132 e. The molecule has 7 heteroatoms. The number of aromatic nitrogens is 2. The summed E-state index contributed by atoms with van der Waals surface area (Å²) >= 11 is 6.16. The molecule has 4 nitrogen and oxygen atoms in total. The van der Waals surface area contributed by atoms with Gasteiger partial charge in [0, 0.05) is 40.0 Å². The lowest BCUT2D eigenvalue weighted by molar-refractivity contribution is 0.296. The monoisotopic (exact) mass is 409 g/mol. The molecule has 0 aliphatic rings. The molecule has 0 amide bonds. The topological polar surface area (TPSA) is 50.8 Å². The largest absolute Gasteiger partial charge is 0.488 e. The number of halogens is 3. The van der Waals surface area contributed by atoms with Crippen molar-refractivity contribution in [3.63, 3.8) is 0 Å². The van der Waals surface area contributed by atoms with Gasteiger partial charge in [-0.25, -0.2) is 8.78 Å². The number of benzene rings is 2. The molecule has 4 rings (SSSR count). The summed E-state index contributed by atoms with van der Waals surface area (Å²) < 4.78 is 34.7. The van der Waals surface area contributed by atoms with E-state index in [9.17, 15) is 14.0 Å². The second kappa shape index (κ2) is 7.90. The summed E-state index contributed by atoms with van der Waals surface area (Å²) in [6.45, 7) is 0.370. The van der Waals surface area contributed by atoms with Crippen molar-refractivity contribution in [2.45, 2.75) is 13.2 Å². The van der Waals surface area contributed by atoms with Crippen LogP contribution in [0.2, 0.25) is 5.02 Å². The summed E-state index contributed by atoms with van der Waals surface area (Å²) in [5.74, 6) is -0.764. The second-order valence-electron chi connectivity index (χ2n) is 6.45. The fourth-order valence-electron chi connectivity index (χ4n) is 3.13. The number of ether oxygens (including phenoxy) is 1. The van der Waals surface area contributed by atoms with Crippen LogP contribution in [0, 0.1) is 23.0 Å². The fraction of sp³-hybridized carbons (Fsp3) is 0.0909. The predicted octanol–water partition coefficient (Wildman–Crippen LogP) is 5.47. The minimum absolute atomic E-state index is 0.0483. The zero-order chi connectivity index (χ0) is 20.4. The molecule has 0 saturated carbocycles. The Labute approximate surface area is 170 Å². The molecule has 0 spiro atoms. The van der Waals surface area contributed by atoms with Gasteiger partial charge < -0.3 is 9.30 Å². The van der Waals surface area contributed by atoms with Crippen molar-refractivity contribution < 1.29 is 13.5 Å². The van der Waals surface area contributed by atoms with E-state index in [1.807, 2.05) is 16.8 Å². The van der Waals surface area contributed by atoms with Crippen molar-refractivity contribution in [1.82, 2.24) is 9.55 Å². The minimum atomic E-state index is -0.660. The van der Waals surface area contributed by atoms with Crippen LogP contribution < -0.4 is 4.74 Å². The van der Waals surface area contributed by atoms with Gasteiger partial charge in [0.2, 0.25) is 0 Å². The van der Waals surface area contributed by atoms with Crippen LogP contribution in [0.5, 0.6) is 5.75 Å². The van der Waals surface area contributed by atoms with Crippen LogP contribution in [0.1, 0.15) is 16.7 Å². The summed E-state index contributed by atoms with van der Waals surface area (Å²) in [5, 5.41) is 10.6. The molecular weight excluding hydrogens is 396 g/mol. The summed E-state index contributed by atoms with van der Waals surface area (Å²) in [6.07, 6.45) is 5.07. The fourth-order valence-corrected chi connectivity index (χ4v) is 3.32. The van der Waals surface area contributed by atoms with Gasteiger partial charge in [-0.05, 0) is 36.4 Å². The van der Waals surface area contributed by atoms with Crippen LogP contribution in [0.3, 0.4) is 0 Å². The summed E-state index contributed by atoms with van der Waals surface area (Å²) in [5.41, 5.74) is 2.33. The second-order valence-corrected chi connectivity index (χ2v) is 6.89. The lowest BCUT2D eigenvalue weighted by Crippen LogP contribution is -2.04. The van der Waals surface area contributed by atoms with Crippen LogP contribution in [0.25, 0.3) is 10.9 Å². The van der Waals surface area contributed by atoms with Gasteiger partial charge in [-0.3, -0.25) is 4.98 Å². The molecule has 0 bridgehead atoms. The Kier molecular flexibility index (Phi) is 5.15. The number of pyridine rings is 1. The standard InChI is InChI=1S/C22H14ClF2N3O/c23-17-2-4-22(29-13-14-1-3-18(24)8-20(14)25)15(7-17)12-28-6-5-19-16(9-26)10-27-11-21(19)28/h1-8,10-11H,12-13H2. The van der Waals surface area contributed by atoms with Gasteiger partial charge in [0.1, 0.15) is 30.1 Å². The van der Waals surface area contributed by atoms with Crippen molar-refractivity contribution in [2.24, 2.45) is 0 Å². The molecule has 0 N–H and O–H groups in total. The maximum atomic E-state index is 13.9. The number of hydrogen-bond donors (Lipinski definition) is 0. The lowest BCUT2D eigenvalue weighted by atomic mass is 10.2. The first-order valence-corrected chi connectivity index (χ1v) is 9.11.